The molecule has 0 spiro atoms. The average molecular weight is 317 g/mol. The predicted octanol–water partition coefficient (Wildman–Crippen LogP) is 3.06. The average Bonchev–Trinajstić information content (AvgIpc) is 2.82. The Morgan fingerprint density at radius 2 is 2.05 bits per heavy atom. The van der Waals surface area contributed by atoms with Crippen LogP contribution in [0.25, 0.3) is 0 Å². The number of fused-ring (bicyclic) bond motifs is 1. The van der Waals surface area contributed by atoms with E-state index in [1.807, 2.05) is 6.07 Å². The first-order valence-corrected chi connectivity index (χ1v) is 8.98. The van der Waals surface area contributed by atoms with Gasteiger partial charge in [0, 0.05) is 31.1 Å². The van der Waals surface area contributed by atoms with Crippen molar-refractivity contribution in [1.29, 1.82) is 0 Å². The zero-order valence-electron chi connectivity index (χ0n) is 13.2. The van der Waals surface area contributed by atoms with E-state index in [9.17, 15) is 5.11 Å². The van der Waals surface area contributed by atoms with Gasteiger partial charge in [0.15, 0.2) is 0 Å². The van der Waals surface area contributed by atoms with Gasteiger partial charge < -0.3 is 5.11 Å². The third kappa shape index (κ3) is 3.54. The number of hydrogen-bond acceptors (Lipinski definition) is 4. The number of nitrogens with zero attached hydrogens (tertiary/aromatic N) is 3. The molecule has 0 fully saturated rings. The van der Waals surface area contributed by atoms with Gasteiger partial charge in [-0.2, -0.15) is 5.10 Å². The molecule has 0 saturated heterocycles. The Balaban J connectivity index is 1.71. The molecule has 0 amide bonds. The van der Waals surface area contributed by atoms with Crippen molar-refractivity contribution in [3.63, 3.8) is 0 Å². The molecular weight excluding hydrogens is 294 g/mol. The summed E-state index contributed by atoms with van der Waals surface area (Å²) in [6, 6.07) is 10.9. The van der Waals surface area contributed by atoms with Gasteiger partial charge >= 0.3 is 0 Å². The summed E-state index contributed by atoms with van der Waals surface area (Å²) in [7, 11) is 0. The molecule has 1 atom stereocenters. The Bertz CT molecular complexity index is 621. The lowest BCUT2D eigenvalue weighted by atomic mass is 10.2. The number of aliphatic hydroxyl groups excluding tert-OH is 1. The minimum atomic E-state index is -0.494. The highest BCUT2D eigenvalue weighted by atomic mass is 32.2. The molecule has 1 aromatic carbocycles. The lowest BCUT2D eigenvalue weighted by Crippen LogP contribution is -2.22. The molecule has 5 heteroatoms. The summed E-state index contributed by atoms with van der Waals surface area (Å²) < 4.78 is 2.05. The molecule has 0 bridgehead atoms. The van der Waals surface area contributed by atoms with Crippen molar-refractivity contribution in [3.8, 4) is 0 Å². The second-order valence-electron chi connectivity index (χ2n) is 5.87. The van der Waals surface area contributed by atoms with Crippen LogP contribution < -0.4 is 0 Å². The Labute approximate surface area is 136 Å². The summed E-state index contributed by atoms with van der Waals surface area (Å²) in [5, 5.41) is 14.2. The topological polar surface area (TPSA) is 41.3 Å². The van der Waals surface area contributed by atoms with Crippen LogP contribution in [-0.4, -0.2) is 32.6 Å². The minimum Gasteiger partial charge on any atom is -0.387 e. The maximum atomic E-state index is 9.70. The molecule has 0 unspecified atom stereocenters. The fourth-order valence-electron chi connectivity index (χ4n) is 2.88. The summed E-state index contributed by atoms with van der Waals surface area (Å²) >= 11 is 1.77. The van der Waals surface area contributed by atoms with E-state index in [4.69, 9.17) is 0 Å². The van der Waals surface area contributed by atoms with Crippen LogP contribution in [0.4, 0.5) is 0 Å². The Morgan fingerprint density at radius 1 is 1.27 bits per heavy atom. The number of rotatable bonds is 4. The zero-order valence-corrected chi connectivity index (χ0v) is 14.0. The van der Waals surface area contributed by atoms with Crippen LogP contribution in [0.15, 0.2) is 35.2 Å². The monoisotopic (exact) mass is 317 g/mol. The predicted molar refractivity (Wildman–Crippen MR) is 89.8 cm³/mol. The molecule has 1 N–H and O–H groups in total. The first-order valence-electron chi connectivity index (χ1n) is 7.75. The van der Waals surface area contributed by atoms with E-state index >= 15 is 0 Å². The molecule has 4 nitrogen and oxygen atoms in total. The van der Waals surface area contributed by atoms with Crippen molar-refractivity contribution in [3.05, 3.63) is 47.3 Å². The molecule has 0 radical (unpaired) electrons. The van der Waals surface area contributed by atoms with Crippen molar-refractivity contribution in [2.24, 2.45) is 0 Å². The van der Waals surface area contributed by atoms with Crippen LogP contribution >= 0.6 is 11.8 Å². The normalized spacial score (nSPS) is 17.0. The zero-order chi connectivity index (χ0) is 15.5. The third-order valence-corrected chi connectivity index (χ3v) is 4.85. The molecule has 0 aliphatic carbocycles. The number of aliphatic hydroxyl groups is 1. The van der Waals surface area contributed by atoms with E-state index in [0.717, 1.165) is 38.3 Å². The van der Waals surface area contributed by atoms with Crippen molar-refractivity contribution in [2.45, 2.75) is 44.0 Å². The fraction of sp³-hybridized carbons (Fsp3) is 0.471. The standard InChI is InChI=1S/C17H23N3OS/c1-13(21)17-10-15-12-19(8-3-9-20(15)18-17)11-14-4-6-16(22-2)7-5-14/h4-7,10,13,21H,3,8-9,11-12H2,1-2H3/t13-/m0/s1. The molecule has 2 aromatic rings. The second kappa shape index (κ2) is 6.86. The SMILES string of the molecule is CSc1ccc(CN2CCCn3nc([C@H](C)O)cc3C2)cc1. The first-order chi connectivity index (χ1) is 10.7. The Morgan fingerprint density at radius 3 is 2.73 bits per heavy atom. The minimum absolute atomic E-state index is 0.494. The highest BCUT2D eigenvalue weighted by Gasteiger charge is 2.18. The van der Waals surface area contributed by atoms with E-state index in [1.165, 1.54) is 16.2 Å². The number of benzene rings is 1. The maximum Gasteiger partial charge on any atom is 0.0950 e. The van der Waals surface area contributed by atoms with Crippen molar-refractivity contribution in [2.75, 3.05) is 12.8 Å². The molecular formula is C17H23N3OS. The lowest BCUT2D eigenvalue weighted by Gasteiger charge is -2.19. The van der Waals surface area contributed by atoms with Crippen molar-refractivity contribution >= 4 is 11.8 Å². The summed E-state index contributed by atoms with van der Waals surface area (Å²) in [5.74, 6) is 0. The molecule has 1 aromatic heterocycles. The fourth-order valence-corrected chi connectivity index (χ4v) is 3.29. The van der Waals surface area contributed by atoms with E-state index in [1.54, 1.807) is 18.7 Å². The van der Waals surface area contributed by atoms with Gasteiger partial charge in [0.25, 0.3) is 0 Å². The second-order valence-corrected chi connectivity index (χ2v) is 6.75. The molecule has 2 heterocycles. The van der Waals surface area contributed by atoms with Gasteiger partial charge in [-0.3, -0.25) is 9.58 Å². The summed E-state index contributed by atoms with van der Waals surface area (Å²) in [6.07, 6.45) is 2.70. The van der Waals surface area contributed by atoms with Gasteiger partial charge in [0.05, 0.1) is 17.5 Å². The smallest absolute Gasteiger partial charge is 0.0950 e. The number of thioether (sulfide) groups is 1. The number of aryl methyl sites for hydroxylation is 1. The van der Waals surface area contributed by atoms with Crippen LogP contribution in [0.3, 0.4) is 0 Å². The van der Waals surface area contributed by atoms with Crippen molar-refractivity contribution < 1.29 is 5.11 Å². The van der Waals surface area contributed by atoms with Gasteiger partial charge in [0.1, 0.15) is 0 Å². The summed E-state index contributed by atoms with van der Waals surface area (Å²) in [5.41, 5.74) is 3.33. The number of hydrogen-bond donors (Lipinski definition) is 1. The van der Waals surface area contributed by atoms with Crippen LogP contribution in [0.1, 0.15) is 36.4 Å². The molecule has 1 aliphatic heterocycles. The number of aromatic nitrogens is 2. The van der Waals surface area contributed by atoms with E-state index < -0.39 is 6.10 Å². The molecule has 118 valence electrons. The summed E-state index contributed by atoms with van der Waals surface area (Å²) in [4.78, 5) is 3.76. The van der Waals surface area contributed by atoms with Gasteiger partial charge in [-0.05, 0) is 43.4 Å². The Kier molecular flexibility index (Phi) is 4.86. The van der Waals surface area contributed by atoms with E-state index in [2.05, 4.69) is 45.2 Å². The molecule has 22 heavy (non-hydrogen) atoms. The molecule has 3 rings (SSSR count). The summed E-state index contributed by atoms with van der Waals surface area (Å²) in [6.45, 7) is 5.64. The lowest BCUT2D eigenvalue weighted by molar-refractivity contribution is 0.193. The van der Waals surface area contributed by atoms with Crippen LogP contribution in [0.2, 0.25) is 0 Å². The maximum absolute atomic E-state index is 9.70. The van der Waals surface area contributed by atoms with Crippen LogP contribution in [-0.2, 0) is 19.6 Å². The molecule has 1 aliphatic rings. The molecule has 0 saturated carbocycles. The van der Waals surface area contributed by atoms with Crippen LogP contribution in [0.5, 0.6) is 0 Å². The van der Waals surface area contributed by atoms with Crippen molar-refractivity contribution in [1.82, 2.24) is 14.7 Å². The van der Waals surface area contributed by atoms with Gasteiger partial charge in [0.2, 0.25) is 0 Å². The Hall–Kier alpha value is -1.30. The third-order valence-electron chi connectivity index (χ3n) is 4.11. The van der Waals surface area contributed by atoms with E-state index in [-0.39, 0.29) is 0 Å². The van der Waals surface area contributed by atoms with Gasteiger partial charge in [-0.1, -0.05) is 12.1 Å². The van der Waals surface area contributed by atoms with Gasteiger partial charge in [-0.25, -0.2) is 0 Å². The van der Waals surface area contributed by atoms with Gasteiger partial charge in [-0.15, -0.1) is 11.8 Å². The quantitative estimate of drug-likeness (QED) is 0.880. The highest BCUT2D eigenvalue weighted by molar-refractivity contribution is 7.98. The first kappa shape index (κ1) is 15.6. The van der Waals surface area contributed by atoms with Crippen LogP contribution in [0, 0.1) is 0 Å². The highest BCUT2D eigenvalue weighted by Crippen LogP contribution is 2.20. The largest absolute Gasteiger partial charge is 0.387 e. The van der Waals surface area contributed by atoms with E-state index in [0.29, 0.717) is 0 Å².